The van der Waals surface area contributed by atoms with Crippen LogP contribution in [0.3, 0.4) is 0 Å². The fourth-order valence-corrected chi connectivity index (χ4v) is 1.65. The Balaban J connectivity index is 2.71. The second kappa shape index (κ2) is 3.34. The van der Waals surface area contributed by atoms with Crippen molar-refractivity contribution in [1.29, 1.82) is 0 Å². The molecule has 0 saturated carbocycles. The molecule has 0 amide bonds. The lowest BCUT2D eigenvalue weighted by atomic mass is 10.1. The first-order valence-corrected chi connectivity index (χ1v) is 4.62. The van der Waals surface area contributed by atoms with Gasteiger partial charge in [0.15, 0.2) is 0 Å². The van der Waals surface area contributed by atoms with Gasteiger partial charge in [0, 0.05) is 12.2 Å². The van der Waals surface area contributed by atoms with Crippen molar-refractivity contribution in [3.8, 4) is 0 Å². The molecule has 0 radical (unpaired) electrons. The number of carboxylic acid groups (broad SMARTS) is 1. The summed E-state index contributed by atoms with van der Waals surface area (Å²) in [6.45, 7) is 1.86. The van der Waals surface area contributed by atoms with E-state index in [0.717, 1.165) is 12.6 Å². The average molecular weight is 206 g/mol. The van der Waals surface area contributed by atoms with E-state index in [0.29, 0.717) is 5.82 Å². The van der Waals surface area contributed by atoms with Crippen LogP contribution in [0.4, 0.5) is 0 Å². The average Bonchev–Trinajstić information content (AvgIpc) is 2.17. The number of aromatic nitrogens is 2. The van der Waals surface area contributed by atoms with Crippen molar-refractivity contribution >= 4 is 12.0 Å². The molecule has 78 valence electrons. The van der Waals surface area contributed by atoms with Crippen LogP contribution >= 0.6 is 0 Å². The lowest BCUT2D eigenvalue weighted by Crippen LogP contribution is -2.32. The van der Waals surface area contributed by atoms with Gasteiger partial charge in [0.2, 0.25) is 0 Å². The smallest absolute Gasteiger partial charge is 0.342 e. The Morgan fingerprint density at radius 2 is 2.40 bits per heavy atom. The standard InChI is InChI=1S/C10H10N2O3/c1-6-3-2-4-8-11-5-7(10(14)15)9(13)12(6)8/h2,4-6H,3H2,1H3,(H,14,15). The van der Waals surface area contributed by atoms with E-state index < -0.39 is 11.5 Å². The second-order valence-electron chi connectivity index (χ2n) is 3.50. The Labute approximate surface area is 85.7 Å². The van der Waals surface area contributed by atoms with E-state index in [1.807, 2.05) is 13.0 Å². The fraction of sp³-hybridized carbons (Fsp3) is 0.300. The van der Waals surface area contributed by atoms with E-state index in [4.69, 9.17) is 5.11 Å². The van der Waals surface area contributed by atoms with Crippen molar-refractivity contribution in [2.75, 3.05) is 0 Å². The fourth-order valence-electron chi connectivity index (χ4n) is 1.65. The van der Waals surface area contributed by atoms with Crippen LogP contribution in [0.5, 0.6) is 0 Å². The maximum absolute atomic E-state index is 11.8. The van der Waals surface area contributed by atoms with Gasteiger partial charge in [-0.15, -0.1) is 0 Å². The van der Waals surface area contributed by atoms with Gasteiger partial charge in [0.1, 0.15) is 11.4 Å². The van der Waals surface area contributed by atoms with Crippen LogP contribution in [-0.4, -0.2) is 20.6 Å². The largest absolute Gasteiger partial charge is 0.477 e. The van der Waals surface area contributed by atoms with Crippen LogP contribution < -0.4 is 5.56 Å². The van der Waals surface area contributed by atoms with Crippen LogP contribution in [0.15, 0.2) is 17.1 Å². The summed E-state index contributed by atoms with van der Waals surface area (Å²) in [6, 6.07) is -0.0377. The minimum atomic E-state index is -1.23. The summed E-state index contributed by atoms with van der Waals surface area (Å²) in [6.07, 6.45) is 5.48. The van der Waals surface area contributed by atoms with Gasteiger partial charge in [-0.2, -0.15) is 0 Å². The van der Waals surface area contributed by atoms with Crippen LogP contribution in [0.25, 0.3) is 6.08 Å². The highest BCUT2D eigenvalue weighted by Gasteiger charge is 2.19. The molecule has 0 aromatic carbocycles. The molecule has 0 bridgehead atoms. The number of carboxylic acids is 1. The molecule has 2 rings (SSSR count). The summed E-state index contributed by atoms with van der Waals surface area (Å²) >= 11 is 0. The quantitative estimate of drug-likeness (QED) is 0.741. The number of rotatable bonds is 1. The van der Waals surface area contributed by atoms with Crippen LogP contribution in [0, 0.1) is 0 Å². The van der Waals surface area contributed by atoms with Gasteiger partial charge >= 0.3 is 5.97 Å². The zero-order valence-corrected chi connectivity index (χ0v) is 8.17. The van der Waals surface area contributed by atoms with E-state index in [-0.39, 0.29) is 11.6 Å². The van der Waals surface area contributed by atoms with Crippen molar-refractivity contribution in [3.63, 3.8) is 0 Å². The number of carbonyl (C=O) groups is 1. The SMILES string of the molecule is CC1CC=Cc2ncc(C(=O)O)c(=O)n21. The molecule has 1 aromatic rings. The minimum Gasteiger partial charge on any atom is -0.477 e. The summed E-state index contributed by atoms with van der Waals surface area (Å²) in [5, 5.41) is 8.78. The van der Waals surface area contributed by atoms with Gasteiger partial charge in [-0.1, -0.05) is 6.08 Å². The van der Waals surface area contributed by atoms with Crippen molar-refractivity contribution in [1.82, 2.24) is 9.55 Å². The van der Waals surface area contributed by atoms with Crippen LogP contribution in [-0.2, 0) is 0 Å². The molecule has 5 heteroatoms. The third-order valence-electron chi connectivity index (χ3n) is 2.44. The minimum absolute atomic E-state index is 0.0377. The maximum Gasteiger partial charge on any atom is 0.342 e. The number of hydrogen-bond donors (Lipinski definition) is 1. The van der Waals surface area contributed by atoms with Gasteiger partial charge in [-0.3, -0.25) is 9.36 Å². The number of fused-ring (bicyclic) bond motifs is 1. The van der Waals surface area contributed by atoms with Crippen LogP contribution in [0.1, 0.15) is 35.6 Å². The first kappa shape index (κ1) is 9.64. The zero-order chi connectivity index (χ0) is 11.0. The summed E-state index contributed by atoms with van der Waals surface area (Å²) in [5.74, 6) is -0.715. The Morgan fingerprint density at radius 1 is 1.67 bits per heavy atom. The van der Waals surface area contributed by atoms with E-state index >= 15 is 0 Å². The van der Waals surface area contributed by atoms with Crippen molar-refractivity contribution in [2.45, 2.75) is 19.4 Å². The molecule has 0 aliphatic carbocycles. The number of aromatic carboxylic acids is 1. The lowest BCUT2D eigenvalue weighted by Gasteiger charge is -2.19. The van der Waals surface area contributed by atoms with Gasteiger partial charge in [-0.25, -0.2) is 9.78 Å². The molecule has 1 aromatic heterocycles. The number of allylic oxidation sites excluding steroid dienone is 1. The highest BCUT2D eigenvalue weighted by atomic mass is 16.4. The van der Waals surface area contributed by atoms with Gasteiger partial charge < -0.3 is 5.11 Å². The maximum atomic E-state index is 11.8. The van der Waals surface area contributed by atoms with Crippen LogP contribution in [0.2, 0.25) is 0 Å². The van der Waals surface area contributed by atoms with Crippen molar-refractivity contribution in [3.05, 3.63) is 34.0 Å². The molecule has 0 saturated heterocycles. The van der Waals surface area contributed by atoms with E-state index in [2.05, 4.69) is 4.98 Å². The zero-order valence-electron chi connectivity index (χ0n) is 8.17. The first-order chi connectivity index (χ1) is 7.11. The highest BCUT2D eigenvalue weighted by molar-refractivity contribution is 5.86. The summed E-state index contributed by atoms with van der Waals surface area (Å²) in [5.41, 5.74) is -0.759. The van der Waals surface area contributed by atoms with E-state index in [9.17, 15) is 9.59 Å². The third kappa shape index (κ3) is 1.45. The third-order valence-corrected chi connectivity index (χ3v) is 2.44. The number of nitrogens with zero attached hydrogens (tertiary/aromatic N) is 2. The predicted molar refractivity (Wildman–Crippen MR) is 53.8 cm³/mol. The summed E-state index contributed by atoms with van der Waals surface area (Å²) < 4.78 is 1.42. The molecule has 1 atom stereocenters. The molecule has 1 aliphatic rings. The van der Waals surface area contributed by atoms with Crippen molar-refractivity contribution < 1.29 is 9.90 Å². The molecular formula is C10H10N2O3. The first-order valence-electron chi connectivity index (χ1n) is 4.62. The monoisotopic (exact) mass is 206 g/mol. The molecule has 1 unspecified atom stereocenters. The Bertz CT molecular complexity index is 502. The Morgan fingerprint density at radius 3 is 3.07 bits per heavy atom. The van der Waals surface area contributed by atoms with Gasteiger partial charge in [0.05, 0.1) is 0 Å². The normalized spacial score (nSPS) is 18.6. The molecule has 1 aliphatic heterocycles. The predicted octanol–water partition coefficient (Wildman–Crippen LogP) is 0.919. The molecule has 1 N–H and O–H groups in total. The Hall–Kier alpha value is -1.91. The van der Waals surface area contributed by atoms with Gasteiger partial charge in [0.25, 0.3) is 5.56 Å². The molecule has 15 heavy (non-hydrogen) atoms. The van der Waals surface area contributed by atoms with Gasteiger partial charge in [-0.05, 0) is 19.4 Å². The molecule has 2 heterocycles. The highest BCUT2D eigenvalue weighted by Crippen LogP contribution is 2.17. The topological polar surface area (TPSA) is 72.2 Å². The Kier molecular flexibility index (Phi) is 2.15. The summed E-state index contributed by atoms with van der Waals surface area (Å²) in [7, 11) is 0. The number of hydrogen-bond acceptors (Lipinski definition) is 3. The molecule has 0 fully saturated rings. The molecular weight excluding hydrogens is 196 g/mol. The van der Waals surface area contributed by atoms with E-state index in [1.54, 1.807) is 6.08 Å². The molecule has 5 nitrogen and oxygen atoms in total. The second-order valence-corrected chi connectivity index (χ2v) is 3.50. The molecule has 0 spiro atoms. The van der Waals surface area contributed by atoms with Crippen molar-refractivity contribution in [2.24, 2.45) is 0 Å². The lowest BCUT2D eigenvalue weighted by molar-refractivity contribution is 0.0693. The van der Waals surface area contributed by atoms with E-state index in [1.165, 1.54) is 4.57 Å². The summed E-state index contributed by atoms with van der Waals surface area (Å²) in [4.78, 5) is 26.5.